The van der Waals surface area contributed by atoms with E-state index in [1.165, 1.54) is 17.7 Å². The van der Waals surface area contributed by atoms with E-state index in [0.717, 1.165) is 43.4 Å². The molecule has 0 spiro atoms. The number of hydrogen-bond acceptors (Lipinski definition) is 6. The van der Waals surface area contributed by atoms with Gasteiger partial charge in [-0.25, -0.2) is 4.79 Å². The van der Waals surface area contributed by atoms with E-state index in [0.29, 0.717) is 35.4 Å². The van der Waals surface area contributed by atoms with Crippen molar-refractivity contribution in [2.75, 3.05) is 11.9 Å². The van der Waals surface area contributed by atoms with Gasteiger partial charge in [-0.05, 0) is 68.8 Å². The number of carbonyl (C=O) groups is 3. The highest BCUT2D eigenvalue weighted by molar-refractivity contribution is 7.17. The summed E-state index contributed by atoms with van der Waals surface area (Å²) in [7, 11) is 0. The Bertz CT molecular complexity index is 898. The fourth-order valence-electron chi connectivity index (χ4n) is 4.15. The Hall–Kier alpha value is -2.22. The van der Waals surface area contributed by atoms with Crippen molar-refractivity contribution in [1.29, 1.82) is 0 Å². The van der Waals surface area contributed by atoms with Crippen LogP contribution in [0.25, 0.3) is 0 Å². The molecule has 0 radical (unpaired) electrons. The minimum Gasteiger partial charge on any atom is -0.352 e. The number of thiophene rings is 1. The number of amides is 2. The predicted molar refractivity (Wildman–Crippen MR) is 109 cm³/mol. The molecule has 0 saturated heterocycles. The second kappa shape index (κ2) is 7.55. The Morgan fingerprint density at radius 2 is 1.97 bits per heavy atom. The quantitative estimate of drug-likeness (QED) is 0.669. The molecule has 1 atom stereocenters. The third-order valence-corrected chi connectivity index (χ3v) is 7.38. The van der Waals surface area contributed by atoms with E-state index in [1.54, 1.807) is 11.3 Å². The lowest BCUT2D eigenvalue weighted by atomic mass is 9.83. The van der Waals surface area contributed by atoms with Crippen molar-refractivity contribution >= 4 is 39.8 Å². The molecular formula is C21H25N3O4S. The van der Waals surface area contributed by atoms with Crippen LogP contribution in [0, 0.1) is 17.8 Å². The average Bonchev–Trinajstić information content (AvgIpc) is 3.61. The van der Waals surface area contributed by atoms with E-state index in [4.69, 9.17) is 4.84 Å². The fraction of sp³-hybridized carbons (Fsp3) is 0.619. The third kappa shape index (κ3) is 4.22. The first-order valence-corrected chi connectivity index (χ1v) is 11.4. The molecule has 2 fully saturated rings. The van der Waals surface area contributed by atoms with Gasteiger partial charge in [0.2, 0.25) is 5.91 Å². The summed E-state index contributed by atoms with van der Waals surface area (Å²) in [4.78, 5) is 42.6. The van der Waals surface area contributed by atoms with Crippen molar-refractivity contribution in [3.05, 3.63) is 16.0 Å². The summed E-state index contributed by atoms with van der Waals surface area (Å²) in [6, 6.07) is 0. The van der Waals surface area contributed by atoms with E-state index in [-0.39, 0.29) is 30.1 Å². The fourth-order valence-corrected chi connectivity index (χ4v) is 5.40. The molecule has 3 aliphatic carbocycles. The number of nitrogens with zero attached hydrogens (tertiary/aromatic N) is 1. The molecular weight excluding hydrogens is 390 g/mol. The van der Waals surface area contributed by atoms with Crippen molar-refractivity contribution in [1.82, 2.24) is 5.32 Å². The summed E-state index contributed by atoms with van der Waals surface area (Å²) in [6.07, 6.45) is 7.85. The number of aryl methyl sites for hydroxylation is 1. The topological polar surface area (TPSA) is 96.9 Å². The van der Waals surface area contributed by atoms with E-state index in [9.17, 15) is 14.4 Å². The maximum Gasteiger partial charge on any atom is 0.340 e. The molecule has 2 saturated carbocycles. The Morgan fingerprint density at radius 3 is 2.66 bits per heavy atom. The molecule has 2 amide bonds. The van der Waals surface area contributed by atoms with Crippen LogP contribution in [-0.2, 0) is 27.3 Å². The summed E-state index contributed by atoms with van der Waals surface area (Å²) in [5.41, 5.74) is 2.52. The molecule has 0 bridgehead atoms. The number of fused-ring (bicyclic) bond motifs is 1. The lowest BCUT2D eigenvalue weighted by Crippen LogP contribution is -2.28. The Labute approximate surface area is 173 Å². The van der Waals surface area contributed by atoms with Crippen LogP contribution < -0.4 is 10.6 Å². The lowest BCUT2D eigenvalue weighted by molar-refractivity contribution is -0.140. The predicted octanol–water partition coefficient (Wildman–Crippen LogP) is 3.03. The number of anilines is 1. The first-order chi connectivity index (χ1) is 14.1. The minimum absolute atomic E-state index is 0.0346. The van der Waals surface area contributed by atoms with Gasteiger partial charge in [-0.2, -0.15) is 0 Å². The molecule has 1 unspecified atom stereocenters. The number of rotatable bonds is 7. The molecule has 8 heteroatoms. The van der Waals surface area contributed by atoms with Crippen molar-refractivity contribution in [2.45, 2.75) is 57.8 Å². The standard InChI is InChI=1S/C21H25N3O4S/c25-17-9-14(24-28-17)7-12-3-6-16-15(8-12)18(20(27)22-10-11-1-2-11)21(29-16)23-19(26)13-4-5-13/h11-13H,1-10H2,(H,22,27)(H,23,26). The zero-order chi connectivity index (χ0) is 20.0. The molecule has 2 heterocycles. The van der Waals surface area contributed by atoms with Crippen molar-refractivity contribution in [3.8, 4) is 0 Å². The van der Waals surface area contributed by atoms with Crippen LogP contribution in [-0.4, -0.2) is 30.0 Å². The molecule has 1 aromatic rings. The van der Waals surface area contributed by atoms with Crippen LogP contribution in [0.5, 0.6) is 0 Å². The van der Waals surface area contributed by atoms with Gasteiger partial charge in [0.15, 0.2) is 0 Å². The first-order valence-electron chi connectivity index (χ1n) is 10.6. The van der Waals surface area contributed by atoms with E-state index in [2.05, 4.69) is 15.8 Å². The number of carbonyl (C=O) groups excluding carboxylic acids is 3. The van der Waals surface area contributed by atoms with Crippen molar-refractivity contribution < 1.29 is 19.2 Å². The van der Waals surface area contributed by atoms with Crippen LogP contribution in [0.15, 0.2) is 5.16 Å². The number of nitrogens with one attached hydrogen (secondary N) is 2. The van der Waals surface area contributed by atoms with Gasteiger partial charge in [0.05, 0.1) is 17.7 Å². The molecule has 0 aromatic carbocycles. The second-order valence-electron chi connectivity index (χ2n) is 8.74. The van der Waals surface area contributed by atoms with Crippen molar-refractivity contribution in [3.63, 3.8) is 0 Å². The maximum absolute atomic E-state index is 13.0. The summed E-state index contributed by atoms with van der Waals surface area (Å²) in [5, 5.41) is 10.7. The first kappa shape index (κ1) is 18.8. The van der Waals surface area contributed by atoms with Gasteiger partial charge in [0, 0.05) is 17.3 Å². The maximum atomic E-state index is 13.0. The van der Waals surface area contributed by atoms with Gasteiger partial charge in [0.1, 0.15) is 5.00 Å². The van der Waals surface area contributed by atoms with Crippen LogP contribution in [0.4, 0.5) is 5.00 Å². The summed E-state index contributed by atoms with van der Waals surface area (Å²) in [5.74, 6) is 0.695. The number of oxime groups is 1. The molecule has 5 rings (SSSR count). The van der Waals surface area contributed by atoms with E-state index in [1.807, 2.05) is 0 Å². The van der Waals surface area contributed by atoms with Gasteiger partial charge >= 0.3 is 5.97 Å². The molecule has 1 aliphatic heterocycles. The Morgan fingerprint density at radius 1 is 1.14 bits per heavy atom. The van der Waals surface area contributed by atoms with E-state index >= 15 is 0 Å². The average molecular weight is 416 g/mol. The second-order valence-corrected chi connectivity index (χ2v) is 9.84. The van der Waals surface area contributed by atoms with Gasteiger partial charge in [-0.1, -0.05) is 5.16 Å². The summed E-state index contributed by atoms with van der Waals surface area (Å²) in [6.45, 7) is 0.707. The lowest BCUT2D eigenvalue weighted by Gasteiger charge is -2.22. The molecule has 2 N–H and O–H groups in total. The van der Waals surface area contributed by atoms with Crippen LogP contribution in [0.1, 0.15) is 65.7 Å². The summed E-state index contributed by atoms with van der Waals surface area (Å²) < 4.78 is 0. The molecule has 1 aromatic heterocycles. The molecule has 7 nitrogen and oxygen atoms in total. The SMILES string of the molecule is O=C1CC(CC2CCc3sc(NC(=O)C4CC4)c(C(=O)NCC4CC4)c3C2)=NO1. The highest BCUT2D eigenvalue weighted by atomic mass is 32.1. The van der Waals surface area contributed by atoms with E-state index < -0.39 is 0 Å². The number of hydrogen-bond donors (Lipinski definition) is 2. The van der Waals surface area contributed by atoms with Crippen LogP contribution in [0.2, 0.25) is 0 Å². The minimum atomic E-state index is -0.294. The van der Waals surface area contributed by atoms with Gasteiger partial charge in [-0.15, -0.1) is 11.3 Å². The molecule has 154 valence electrons. The van der Waals surface area contributed by atoms with Gasteiger partial charge in [-0.3, -0.25) is 9.59 Å². The normalized spacial score (nSPS) is 23.2. The smallest absolute Gasteiger partial charge is 0.340 e. The highest BCUT2D eigenvalue weighted by Gasteiger charge is 2.35. The molecule has 4 aliphatic rings. The Kier molecular flexibility index (Phi) is 4.89. The Balaban J connectivity index is 1.36. The summed E-state index contributed by atoms with van der Waals surface area (Å²) >= 11 is 1.56. The third-order valence-electron chi connectivity index (χ3n) is 6.17. The zero-order valence-electron chi connectivity index (χ0n) is 16.3. The van der Waals surface area contributed by atoms with Crippen LogP contribution >= 0.6 is 11.3 Å². The van der Waals surface area contributed by atoms with Gasteiger partial charge in [0.25, 0.3) is 5.91 Å². The zero-order valence-corrected chi connectivity index (χ0v) is 17.1. The molecule has 29 heavy (non-hydrogen) atoms. The monoisotopic (exact) mass is 415 g/mol. The van der Waals surface area contributed by atoms with Crippen molar-refractivity contribution in [2.24, 2.45) is 22.9 Å². The van der Waals surface area contributed by atoms with Crippen LogP contribution in [0.3, 0.4) is 0 Å². The largest absolute Gasteiger partial charge is 0.352 e. The van der Waals surface area contributed by atoms with Gasteiger partial charge < -0.3 is 15.5 Å². The highest BCUT2D eigenvalue weighted by Crippen LogP contribution is 2.42.